The Morgan fingerprint density at radius 3 is 2.88 bits per heavy atom. The van der Waals surface area contributed by atoms with Gasteiger partial charge in [-0.15, -0.1) is 0 Å². The summed E-state index contributed by atoms with van der Waals surface area (Å²) in [7, 11) is 0. The van der Waals surface area contributed by atoms with Crippen LogP contribution in [0.25, 0.3) is 11.3 Å². The Kier molecular flexibility index (Phi) is 1.56. The van der Waals surface area contributed by atoms with Crippen LogP contribution in [-0.2, 0) is 0 Å². The molecule has 1 fully saturated rings. The lowest BCUT2D eigenvalue weighted by Gasteiger charge is -2.11. The van der Waals surface area contributed by atoms with E-state index in [-0.39, 0.29) is 0 Å². The molecule has 0 N–H and O–H groups in total. The van der Waals surface area contributed by atoms with Crippen LogP contribution < -0.4 is 0 Å². The van der Waals surface area contributed by atoms with Gasteiger partial charge < -0.3 is 0 Å². The molecular formula is C13H13N3. The first-order valence-electron chi connectivity index (χ1n) is 5.91. The van der Waals surface area contributed by atoms with Crippen LogP contribution in [0.1, 0.15) is 36.9 Å². The third kappa shape index (κ3) is 1.03. The predicted octanol–water partition coefficient (Wildman–Crippen LogP) is 2.77. The standard InChI is InChI=1S/C13H13N3/c1-2-11-7-10(1)13-8-12(15-16(11)13)9-3-5-14-6-4-9/h3-6,8,10-11H,1-2,7H2. The normalized spacial score (nSPS) is 26.0. The van der Waals surface area contributed by atoms with Gasteiger partial charge in [0, 0.05) is 29.6 Å². The van der Waals surface area contributed by atoms with Crippen molar-refractivity contribution in [3.8, 4) is 11.3 Å². The smallest absolute Gasteiger partial charge is 0.0927 e. The highest BCUT2D eigenvalue weighted by Crippen LogP contribution is 2.48. The SMILES string of the molecule is c1cc(-c2cc3n(n2)C2CCC3C2)ccn1. The van der Waals surface area contributed by atoms with Crippen molar-refractivity contribution in [3.05, 3.63) is 36.3 Å². The summed E-state index contributed by atoms with van der Waals surface area (Å²) in [6.45, 7) is 0. The quantitative estimate of drug-likeness (QED) is 0.726. The minimum absolute atomic E-state index is 0.676. The minimum Gasteiger partial charge on any atom is -0.266 e. The predicted molar refractivity (Wildman–Crippen MR) is 61.1 cm³/mol. The number of rotatable bonds is 1. The van der Waals surface area contributed by atoms with Crippen molar-refractivity contribution in [3.63, 3.8) is 0 Å². The Bertz CT molecular complexity index is 502. The summed E-state index contributed by atoms with van der Waals surface area (Å²) in [6.07, 6.45) is 7.64. The van der Waals surface area contributed by atoms with Crippen LogP contribution in [-0.4, -0.2) is 14.8 Å². The van der Waals surface area contributed by atoms with E-state index in [0.717, 1.165) is 11.6 Å². The summed E-state index contributed by atoms with van der Waals surface area (Å²) in [6, 6.07) is 7.00. The summed E-state index contributed by atoms with van der Waals surface area (Å²) < 4.78 is 2.25. The fourth-order valence-electron chi connectivity index (χ4n) is 3.12. The van der Waals surface area contributed by atoms with Crippen LogP contribution in [0.15, 0.2) is 30.6 Å². The molecular weight excluding hydrogens is 198 g/mol. The molecule has 2 aliphatic rings. The fourth-order valence-corrected chi connectivity index (χ4v) is 3.12. The number of aromatic nitrogens is 3. The van der Waals surface area contributed by atoms with Crippen LogP contribution in [0.5, 0.6) is 0 Å². The summed E-state index contributed by atoms with van der Waals surface area (Å²) in [5.74, 6) is 0.771. The number of fused-ring (bicyclic) bond motifs is 5. The first-order chi connectivity index (χ1) is 7.92. The number of hydrogen-bond acceptors (Lipinski definition) is 2. The van der Waals surface area contributed by atoms with Gasteiger partial charge in [0.1, 0.15) is 0 Å². The summed E-state index contributed by atoms with van der Waals surface area (Å²) >= 11 is 0. The maximum Gasteiger partial charge on any atom is 0.0927 e. The molecule has 3 heterocycles. The molecule has 0 radical (unpaired) electrons. The van der Waals surface area contributed by atoms with E-state index in [4.69, 9.17) is 5.10 Å². The second-order valence-electron chi connectivity index (χ2n) is 4.80. The van der Waals surface area contributed by atoms with Crippen LogP contribution in [0, 0.1) is 0 Å². The van der Waals surface area contributed by atoms with Gasteiger partial charge in [-0.25, -0.2) is 0 Å². The highest BCUT2D eigenvalue weighted by molar-refractivity contribution is 5.59. The zero-order chi connectivity index (χ0) is 10.5. The highest BCUT2D eigenvalue weighted by Gasteiger charge is 2.38. The minimum atomic E-state index is 0.676. The van der Waals surface area contributed by atoms with Crippen LogP contribution in [0.3, 0.4) is 0 Å². The summed E-state index contributed by atoms with van der Waals surface area (Å²) in [5, 5.41) is 4.73. The van der Waals surface area contributed by atoms with E-state index in [1.807, 2.05) is 24.5 Å². The lowest BCUT2D eigenvalue weighted by atomic mass is 10.0. The average Bonchev–Trinajstić information content (AvgIpc) is 3.02. The lowest BCUT2D eigenvalue weighted by Crippen LogP contribution is -2.06. The van der Waals surface area contributed by atoms with Gasteiger partial charge in [0.05, 0.1) is 11.7 Å². The largest absolute Gasteiger partial charge is 0.266 e. The van der Waals surface area contributed by atoms with E-state index in [2.05, 4.69) is 15.7 Å². The Hall–Kier alpha value is -1.64. The van der Waals surface area contributed by atoms with E-state index in [9.17, 15) is 0 Å². The maximum atomic E-state index is 4.73. The van der Waals surface area contributed by atoms with Crippen molar-refractivity contribution in [2.45, 2.75) is 31.2 Å². The van der Waals surface area contributed by atoms with E-state index in [1.54, 1.807) is 0 Å². The van der Waals surface area contributed by atoms with Gasteiger partial charge in [0.25, 0.3) is 0 Å². The Balaban J connectivity index is 1.83. The molecule has 2 aromatic rings. The van der Waals surface area contributed by atoms with Crippen LogP contribution in [0.2, 0.25) is 0 Å². The van der Waals surface area contributed by atoms with Crippen molar-refractivity contribution >= 4 is 0 Å². The number of nitrogens with zero attached hydrogens (tertiary/aromatic N) is 3. The third-order valence-electron chi connectivity index (χ3n) is 3.91. The molecule has 0 saturated heterocycles. The van der Waals surface area contributed by atoms with E-state index in [1.165, 1.54) is 30.5 Å². The molecule has 2 bridgehead atoms. The molecule has 1 aliphatic heterocycles. The first kappa shape index (κ1) is 8.50. The van der Waals surface area contributed by atoms with Gasteiger partial charge in [-0.2, -0.15) is 5.10 Å². The zero-order valence-electron chi connectivity index (χ0n) is 9.00. The van der Waals surface area contributed by atoms with E-state index in [0.29, 0.717) is 6.04 Å². The van der Waals surface area contributed by atoms with Crippen molar-refractivity contribution in [1.82, 2.24) is 14.8 Å². The van der Waals surface area contributed by atoms with Gasteiger partial charge in [-0.1, -0.05) is 0 Å². The van der Waals surface area contributed by atoms with Gasteiger partial charge in [0.15, 0.2) is 0 Å². The van der Waals surface area contributed by atoms with Gasteiger partial charge in [-0.3, -0.25) is 9.67 Å². The lowest BCUT2D eigenvalue weighted by molar-refractivity contribution is 0.477. The fraction of sp³-hybridized carbons (Fsp3) is 0.385. The molecule has 2 unspecified atom stereocenters. The highest BCUT2D eigenvalue weighted by atomic mass is 15.3. The average molecular weight is 211 g/mol. The van der Waals surface area contributed by atoms with Crippen molar-refractivity contribution in [2.24, 2.45) is 0 Å². The molecule has 2 aromatic heterocycles. The third-order valence-corrected chi connectivity index (χ3v) is 3.91. The molecule has 0 amide bonds. The topological polar surface area (TPSA) is 30.7 Å². The van der Waals surface area contributed by atoms with Gasteiger partial charge >= 0.3 is 0 Å². The van der Waals surface area contributed by atoms with Crippen molar-refractivity contribution in [2.75, 3.05) is 0 Å². The zero-order valence-corrected chi connectivity index (χ0v) is 9.00. The molecule has 3 nitrogen and oxygen atoms in total. The van der Waals surface area contributed by atoms with E-state index < -0.39 is 0 Å². The summed E-state index contributed by atoms with van der Waals surface area (Å²) in [5.41, 5.74) is 3.73. The molecule has 3 heteroatoms. The second kappa shape index (κ2) is 2.94. The maximum absolute atomic E-state index is 4.73. The molecule has 1 aliphatic carbocycles. The molecule has 80 valence electrons. The summed E-state index contributed by atoms with van der Waals surface area (Å²) in [4.78, 5) is 4.04. The molecule has 4 rings (SSSR count). The van der Waals surface area contributed by atoms with E-state index >= 15 is 0 Å². The molecule has 0 spiro atoms. The Morgan fingerprint density at radius 2 is 2.06 bits per heavy atom. The molecule has 16 heavy (non-hydrogen) atoms. The van der Waals surface area contributed by atoms with Crippen molar-refractivity contribution < 1.29 is 0 Å². The number of pyridine rings is 1. The Labute approximate surface area is 94.1 Å². The molecule has 0 aromatic carbocycles. The van der Waals surface area contributed by atoms with Gasteiger partial charge in [0.2, 0.25) is 0 Å². The molecule has 1 saturated carbocycles. The van der Waals surface area contributed by atoms with Crippen molar-refractivity contribution in [1.29, 1.82) is 0 Å². The number of hydrogen-bond donors (Lipinski definition) is 0. The van der Waals surface area contributed by atoms with Crippen LogP contribution >= 0.6 is 0 Å². The molecule has 2 atom stereocenters. The Morgan fingerprint density at radius 1 is 1.19 bits per heavy atom. The van der Waals surface area contributed by atoms with Gasteiger partial charge in [-0.05, 0) is 37.5 Å². The second-order valence-corrected chi connectivity index (χ2v) is 4.80. The monoisotopic (exact) mass is 211 g/mol. The van der Waals surface area contributed by atoms with Crippen LogP contribution in [0.4, 0.5) is 0 Å². The first-order valence-corrected chi connectivity index (χ1v) is 5.91.